The Balaban J connectivity index is 1.53. The van der Waals surface area contributed by atoms with E-state index in [2.05, 4.69) is 4.98 Å². The van der Waals surface area contributed by atoms with Crippen LogP contribution in [0.4, 0.5) is 0 Å². The second kappa shape index (κ2) is 4.74. The third kappa shape index (κ3) is 2.18. The molecule has 1 aliphatic rings. The SMILES string of the molecule is O=C1CCc2cc(OCc3cn4ccccc4n3)ccc21. The van der Waals surface area contributed by atoms with Crippen LogP contribution in [-0.2, 0) is 13.0 Å². The molecule has 3 aromatic rings. The lowest BCUT2D eigenvalue weighted by Gasteiger charge is -2.06. The average molecular weight is 278 g/mol. The average Bonchev–Trinajstić information content (AvgIpc) is 3.08. The predicted octanol–water partition coefficient (Wildman–Crippen LogP) is 3.04. The van der Waals surface area contributed by atoms with Gasteiger partial charge in [-0.05, 0) is 42.3 Å². The monoisotopic (exact) mass is 278 g/mol. The molecule has 4 rings (SSSR count). The molecule has 21 heavy (non-hydrogen) atoms. The number of ether oxygens (including phenoxy) is 1. The molecule has 0 unspecified atom stereocenters. The van der Waals surface area contributed by atoms with Gasteiger partial charge >= 0.3 is 0 Å². The largest absolute Gasteiger partial charge is 0.487 e. The number of hydrogen-bond donors (Lipinski definition) is 0. The standard InChI is InChI=1S/C17H14N2O2/c20-16-7-4-12-9-14(5-6-15(12)16)21-11-13-10-19-8-2-1-3-17(19)18-13/h1-3,5-6,8-10H,4,7,11H2. The first-order valence-corrected chi connectivity index (χ1v) is 7.01. The summed E-state index contributed by atoms with van der Waals surface area (Å²) in [6.45, 7) is 0.425. The van der Waals surface area contributed by atoms with Crippen LogP contribution in [0.1, 0.15) is 28.0 Å². The first-order valence-electron chi connectivity index (χ1n) is 7.01. The quantitative estimate of drug-likeness (QED) is 0.739. The van der Waals surface area contributed by atoms with Crippen molar-refractivity contribution in [2.24, 2.45) is 0 Å². The van der Waals surface area contributed by atoms with E-state index in [4.69, 9.17) is 4.74 Å². The summed E-state index contributed by atoms with van der Waals surface area (Å²) in [4.78, 5) is 16.1. The van der Waals surface area contributed by atoms with E-state index >= 15 is 0 Å². The van der Waals surface area contributed by atoms with Crippen LogP contribution in [0.25, 0.3) is 5.65 Å². The van der Waals surface area contributed by atoms with Crippen molar-refractivity contribution < 1.29 is 9.53 Å². The van der Waals surface area contributed by atoms with Gasteiger partial charge in [-0.25, -0.2) is 4.98 Å². The second-order valence-electron chi connectivity index (χ2n) is 5.23. The van der Waals surface area contributed by atoms with E-state index in [1.807, 2.05) is 53.2 Å². The van der Waals surface area contributed by atoms with Crippen molar-refractivity contribution in [2.75, 3.05) is 0 Å². The van der Waals surface area contributed by atoms with Crippen molar-refractivity contribution in [3.63, 3.8) is 0 Å². The molecule has 0 bridgehead atoms. The molecule has 0 spiro atoms. The molecule has 0 atom stereocenters. The Morgan fingerprint density at radius 1 is 1.19 bits per heavy atom. The zero-order chi connectivity index (χ0) is 14.2. The van der Waals surface area contributed by atoms with E-state index in [9.17, 15) is 4.79 Å². The van der Waals surface area contributed by atoms with Gasteiger partial charge in [0.15, 0.2) is 5.78 Å². The summed E-state index contributed by atoms with van der Waals surface area (Å²) in [5, 5.41) is 0. The van der Waals surface area contributed by atoms with Gasteiger partial charge in [0, 0.05) is 24.4 Å². The van der Waals surface area contributed by atoms with Crippen molar-refractivity contribution in [3.05, 3.63) is 65.6 Å². The smallest absolute Gasteiger partial charge is 0.163 e. The Labute approximate surface area is 122 Å². The summed E-state index contributed by atoms with van der Waals surface area (Å²) in [6, 6.07) is 11.6. The van der Waals surface area contributed by atoms with Gasteiger partial charge in [0.05, 0.1) is 5.69 Å². The Hall–Kier alpha value is -2.62. The third-order valence-electron chi connectivity index (χ3n) is 3.80. The van der Waals surface area contributed by atoms with Gasteiger partial charge in [-0.15, -0.1) is 0 Å². The molecule has 0 fully saturated rings. The Morgan fingerprint density at radius 3 is 3.05 bits per heavy atom. The zero-order valence-electron chi connectivity index (χ0n) is 11.5. The molecule has 0 N–H and O–H groups in total. The minimum absolute atomic E-state index is 0.233. The van der Waals surface area contributed by atoms with E-state index in [1.54, 1.807) is 0 Å². The van der Waals surface area contributed by atoms with Crippen LogP contribution in [0, 0.1) is 0 Å². The van der Waals surface area contributed by atoms with E-state index in [-0.39, 0.29) is 5.78 Å². The highest BCUT2D eigenvalue weighted by Crippen LogP contribution is 2.26. The molecule has 104 valence electrons. The first-order chi connectivity index (χ1) is 10.3. The number of ketones is 1. The molecule has 0 saturated carbocycles. The highest BCUT2D eigenvalue weighted by Gasteiger charge is 2.19. The third-order valence-corrected chi connectivity index (χ3v) is 3.80. The summed E-state index contributed by atoms with van der Waals surface area (Å²) in [5.41, 5.74) is 3.73. The number of aryl methyl sites for hydroxylation is 1. The van der Waals surface area contributed by atoms with Gasteiger partial charge in [0.1, 0.15) is 18.0 Å². The fourth-order valence-corrected chi connectivity index (χ4v) is 2.74. The highest BCUT2D eigenvalue weighted by atomic mass is 16.5. The van der Waals surface area contributed by atoms with Gasteiger partial charge in [0.2, 0.25) is 0 Å². The molecular formula is C17H14N2O2. The van der Waals surface area contributed by atoms with E-state index in [1.165, 1.54) is 0 Å². The number of pyridine rings is 1. The minimum Gasteiger partial charge on any atom is -0.487 e. The van der Waals surface area contributed by atoms with Gasteiger partial charge in [-0.2, -0.15) is 0 Å². The normalized spacial score (nSPS) is 13.6. The molecule has 0 saturated heterocycles. The summed E-state index contributed by atoms with van der Waals surface area (Å²) in [5.74, 6) is 1.03. The number of hydrogen-bond acceptors (Lipinski definition) is 3. The van der Waals surface area contributed by atoms with Gasteiger partial charge < -0.3 is 9.14 Å². The lowest BCUT2D eigenvalue weighted by Crippen LogP contribution is -1.97. The fourth-order valence-electron chi connectivity index (χ4n) is 2.74. The summed E-state index contributed by atoms with van der Waals surface area (Å²) < 4.78 is 7.77. The highest BCUT2D eigenvalue weighted by molar-refractivity contribution is 6.00. The van der Waals surface area contributed by atoms with E-state index < -0.39 is 0 Å². The Bertz CT molecular complexity index is 803. The number of benzene rings is 1. The summed E-state index contributed by atoms with van der Waals surface area (Å²) in [6.07, 6.45) is 5.37. The van der Waals surface area contributed by atoms with Crippen LogP contribution in [0.3, 0.4) is 0 Å². The maximum atomic E-state index is 11.6. The maximum absolute atomic E-state index is 11.6. The van der Waals surface area contributed by atoms with Crippen molar-refractivity contribution in [3.8, 4) is 5.75 Å². The van der Waals surface area contributed by atoms with Crippen LogP contribution in [0.15, 0.2) is 48.8 Å². The molecule has 0 radical (unpaired) electrons. The van der Waals surface area contributed by atoms with E-state index in [0.29, 0.717) is 13.0 Å². The van der Waals surface area contributed by atoms with Crippen LogP contribution in [-0.4, -0.2) is 15.2 Å². The molecule has 4 nitrogen and oxygen atoms in total. The summed E-state index contributed by atoms with van der Waals surface area (Å²) >= 11 is 0. The molecule has 4 heteroatoms. The Morgan fingerprint density at radius 2 is 2.14 bits per heavy atom. The van der Waals surface area contributed by atoms with Crippen molar-refractivity contribution >= 4 is 11.4 Å². The number of carbonyl (C=O) groups excluding carboxylic acids is 1. The molecule has 1 aromatic carbocycles. The Kier molecular flexibility index (Phi) is 2.74. The maximum Gasteiger partial charge on any atom is 0.163 e. The first kappa shape index (κ1) is 12.1. The van der Waals surface area contributed by atoms with Gasteiger partial charge in [-0.1, -0.05) is 6.07 Å². The van der Waals surface area contributed by atoms with Crippen LogP contribution >= 0.6 is 0 Å². The van der Waals surface area contributed by atoms with Crippen molar-refractivity contribution in [1.82, 2.24) is 9.38 Å². The number of carbonyl (C=O) groups is 1. The number of imidazole rings is 1. The van der Waals surface area contributed by atoms with E-state index in [0.717, 1.165) is 34.6 Å². The predicted molar refractivity (Wildman–Crippen MR) is 78.6 cm³/mol. The number of fused-ring (bicyclic) bond motifs is 2. The van der Waals surface area contributed by atoms with Crippen LogP contribution in [0.5, 0.6) is 5.75 Å². The molecule has 2 aromatic heterocycles. The zero-order valence-corrected chi connectivity index (χ0v) is 11.5. The lowest BCUT2D eigenvalue weighted by molar-refractivity contribution is 0.0994. The molecule has 1 aliphatic carbocycles. The molecule has 0 amide bonds. The minimum atomic E-state index is 0.233. The van der Waals surface area contributed by atoms with Crippen molar-refractivity contribution in [2.45, 2.75) is 19.4 Å². The van der Waals surface area contributed by atoms with Crippen LogP contribution in [0.2, 0.25) is 0 Å². The summed E-state index contributed by atoms with van der Waals surface area (Å²) in [7, 11) is 0. The topological polar surface area (TPSA) is 43.6 Å². The van der Waals surface area contributed by atoms with Crippen LogP contribution < -0.4 is 4.74 Å². The fraction of sp³-hybridized carbons (Fsp3) is 0.176. The number of rotatable bonds is 3. The number of aromatic nitrogens is 2. The number of nitrogens with zero attached hydrogens (tertiary/aromatic N) is 2. The molecule has 2 heterocycles. The van der Waals surface area contributed by atoms with Gasteiger partial charge in [-0.3, -0.25) is 4.79 Å². The molecular weight excluding hydrogens is 264 g/mol. The van der Waals surface area contributed by atoms with Gasteiger partial charge in [0.25, 0.3) is 0 Å². The second-order valence-corrected chi connectivity index (χ2v) is 5.23. The van der Waals surface area contributed by atoms with Crippen molar-refractivity contribution in [1.29, 1.82) is 0 Å². The molecule has 0 aliphatic heterocycles. The number of Topliss-reactive ketones (excluding diaryl/α,β-unsaturated/α-hetero) is 1. The lowest BCUT2D eigenvalue weighted by atomic mass is 10.1.